The summed E-state index contributed by atoms with van der Waals surface area (Å²) >= 11 is 5.91. The average molecular weight is 613 g/mol. The van der Waals surface area contributed by atoms with Crippen molar-refractivity contribution in [1.29, 1.82) is 0 Å². The molecule has 13 nitrogen and oxygen atoms in total. The van der Waals surface area contributed by atoms with Crippen LogP contribution in [-0.4, -0.2) is 75.1 Å². The first-order valence-electron chi connectivity index (χ1n) is 14.0. The lowest BCUT2D eigenvalue weighted by Crippen LogP contribution is -2.49. The third-order valence-electron chi connectivity index (χ3n) is 7.56. The van der Waals surface area contributed by atoms with Crippen molar-refractivity contribution in [2.45, 2.75) is 58.0 Å². The van der Waals surface area contributed by atoms with Crippen molar-refractivity contribution >= 4 is 63.8 Å². The normalized spacial score (nSPS) is 19.3. The first kappa shape index (κ1) is 30.2. The lowest BCUT2D eigenvalue weighted by Gasteiger charge is -2.38. The van der Waals surface area contributed by atoms with Crippen LogP contribution in [0.4, 0.5) is 22.1 Å². The van der Waals surface area contributed by atoms with E-state index in [-0.39, 0.29) is 64.6 Å². The molecule has 5 rings (SSSR count). The molecule has 0 atom stereocenters. The standard InChI is InChI=1S/C29H33ClN6O7/c1-29(2,3)36(28(40)41)21-11-9-19-23(33-21)24(25(43-19)27(39)32-20-10-6-17(30)14-31-20)34-26(38)16-4-7-18(8-5-16)35-12-13-42-15-22(35)37/h6,9-11,14,16,18H,4-5,7-8,12-13,15H2,1-3H3,(H,34,38)(H,40,41)(H,31,32,39). The zero-order chi connectivity index (χ0) is 30.9. The van der Waals surface area contributed by atoms with Crippen LogP contribution in [0.1, 0.15) is 57.0 Å². The van der Waals surface area contributed by atoms with E-state index in [9.17, 15) is 24.3 Å². The Balaban J connectivity index is 1.44. The van der Waals surface area contributed by atoms with Gasteiger partial charge in [-0.05, 0) is 70.7 Å². The molecule has 0 spiro atoms. The minimum atomic E-state index is -1.21. The number of carbonyl (C=O) groups excluding carboxylic acids is 3. The van der Waals surface area contributed by atoms with Crippen molar-refractivity contribution in [2.24, 2.45) is 5.92 Å². The summed E-state index contributed by atoms with van der Waals surface area (Å²) in [6, 6.07) is 6.12. The number of carbonyl (C=O) groups is 4. The predicted octanol–water partition coefficient (Wildman–Crippen LogP) is 4.77. The fraction of sp³-hybridized carbons (Fsp3) is 0.448. The fourth-order valence-corrected chi connectivity index (χ4v) is 5.62. The number of morpholine rings is 1. The Labute approximate surface area is 252 Å². The molecule has 1 aliphatic heterocycles. The average Bonchev–Trinajstić information content (AvgIpc) is 3.31. The number of amides is 4. The zero-order valence-electron chi connectivity index (χ0n) is 24.1. The summed E-state index contributed by atoms with van der Waals surface area (Å²) in [4.78, 5) is 62.9. The molecule has 1 saturated carbocycles. The van der Waals surface area contributed by atoms with Gasteiger partial charge in [0, 0.05) is 30.2 Å². The predicted molar refractivity (Wildman–Crippen MR) is 158 cm³/mol. The molecule has 43 heavy (non-hydrogen) atoms. The smallest absolute Gasteiger partial charge is 0.413 e. The monoisotopic (exact) mass is 612 g/mol. The molecule has 4 amide bonds. The number of halogens is 1. The van der Waals surface area contributed by atoms with Gasteiger partial charge in [0.25, 0.3) is 5.91 Å². The number of ether oxygens (including phenoxy) is 1. The number of aromatic nitrogens is 2. The molecule has 3 N–H and O–H groups in total. The van der Waals surface area contributed by atoms with E-state index >= 15 is 0 Å². The van der Waals surface area contributed by atoms with E-state index in [1.165, 1.54) is 24.4 Å². The Hall–Kier alpha value is -4.23. The lowest BCUT2D eigenvalue weighted by atomic mass is 9.84. The van der Waals surface area contributed by atoms with Gasteiger partial charge in [0.15, 0.2) is 5.58 Å². The number of anilines is 3. The SMILES string of the molecule is CC(C)(C)N(C(=O)O)c1ccc2oc(C(=O)Nc3ccc(Cl)cn3)c(NC(=O)C3CCC(N4CCOCC4=O)CC3)c2n1. The zero-order valence-corrected chi connectivity index (χ0v) is 24.8. The van der Waals surface area contributed by atoms with Gasteiger partial charge in [-0.25, -0.2) is 14.8 Å². The highest BCUT2D eigenvalue weighted by atomic mass is 35.5. The second kappa shape index (κ2) is 12.2. The first-order valence-corrected chi connectivity index (χ1v) is 14.4. The van der Waals surface area contributed by atoms with E-state index in [4.69, 9.17) is 20.8 Å². The molecule has 3 aromatic heterocycles. The van der Waals surface area contributed by atoms with Crippen LogP contribution in [-0.2, 0) is 14.3 Å². The summed E-state index contributed by atoms with van der Waals surface area (Å²) < 4.78 is 11.1. The fourth-order valence-electron chi connectivity index (χ4n) is 5.51. The maximum atomic E-state index is 13.6. The molecule has 0 bridgehead atoms. The van der Waals surface area contributed by atoms with Crippen molar-refractivity contribution in [2.75, 3.05) is 35.3 Å². The van der Waals surface area contributed by atoms with Crippen LogP contribution in [0.25, 0.3) is 11.1 Å². The first-order chi connectivity index (χ1) is 20.4. The Morgan fingerprint density at radius 1 is 1.09 bits per heavy atom. The summed E-state index contributed by atoms with van der Waals surface area (Å²) in [6.45, 7) is 6.29. The molecule has 0 unspecified atom stereocenters. The van der Waals surface area contributed by atoms with E-state index in [0.29, 0.717) is 43.9 Å². The van der Waals surface area contributed by atoms with E-state index in [1.54, 1.807) is 26.8 Å². The number of furan rings is 1. The number of rotatable bonds is 6. The third kappa shape index (κ3) is 6.57. The number of fused-ring (bicyclic) bond motifs is 1. The van der Waals surface area contributed by atoms with Gasteiger partial charge < -0.3 is 29.8 Å². The molecule has 2 fully saturated rings. The summed E-state index contributed by atoms with van der Waals surface area (Å²) in [7, 11) is 0. The van der Waals surface area contributed by atoms with Crippen molar-refractivity contribution < 1.29 is 33.4 Å². The van der Waals surface area contributed by atoms with Gasteiger partial charge in [-0.3, -0.25) is 19.3 Å². The van der Waals surface area contributed by atoms with Gasteiger partial charge in [-0.15, -0.1) is 0 Å². The molecular formula is C29H33ClN6O7. The summed E-state index contributed by atoms with van der Waals surface area (Å²) in [5, 5.41) is 15.8. The van der Waals surface area contributed by atoms with E-state index in [2.05, 4.69) is 20.6 Å². The number of pyridine rings is 2. The third-order valence-corrected chi connectivity index (χ3v) is 7.79. The van der Waals surface area contributed by atoms with Crippen LogP contribution < -0.4 is 15.5 Å². The number of hydrogen-bond donors (Lipinski definition) is 3. The minimum absolute atomic E-state index is 0.0260. The van der Waals surface area contributed by atoms with E-state index < -0.39 is 17.5 Å². The van der Waals surface area contributed by atoms with Crippen LogP contribution in [0.5, 0.6) is 0 Å². The van der Waals surface area contributed by atoms with Crippen LogP contribution in [0.3, 0.4) is 0 Å². The van der Waals surface area contributed by atoms with Crippen LogP contribution >= 0.6 is 11.6 Å². The van der Waals surface area contributed by atoms with Gasteiger partial charge in [0.2, 0.25) is 17.6 Å². The Bertz CT molecular complexity index is 1540. The molecule has 0 radical (unpaired) electrons. The van der Waals surface area contributed by atoms with Gasteiger partial charge in [0.1, 0.15) is 29.4 Å². The van der Waals surface area contributed by atoms with E-state index in [1.807, 2.05) is 4.90 Å². The molecule has 1 aliphatic carbocycles. The molecule has 228 valence electrons. The van der Waals surface area contributed by atoms with Gasteiger partial charge in [0.05, 0.1) is 11.6 Å². The quantitative estimate of drug-likeness (QED) is 0.355. The molecular weight excluding hydrogens is 580 g/mol. The molecule has 14 heteroatoms. The second-order valence-electron chi connectivity index (χ2n) is 11.6. The number of nitrogens with zero attached hydrogens (tertiary/aromatic N) is 4. The number of hydrogen-bond acceptors (Lipinski definition) is 8. The maximum absolute atomic E-state index is 13.6. The van der Waals surface area contributed by atoms with Gasteiger partial charge in [-0.2, -0.15) is 0 Å². The van der Waals surface area contributed by atoms with Crippen molar-refractivity contribution in [3.8, 4) is 0 Å². The largest absolute Gasteiger partial charge is 0.465 e. The van der Waals surface area contributed by atoms with E-state index in [0.717, 1.165) is 4.90 Å². The molecule has 4 heterocycles. The molecule has 3 aromatic rings. The van der Waals surface area contributed by atoms with Crippen molar-refractivity contribution in [1.82, 2.24) is 14.9 Å². The molecule has 0 aromatic carbocycles. The molecule has 1 saturated heterocycles. The van der Waals surface area contributed by atoms with Gasteiger partial charge in [-0.1, -0.05) is 11.6 Å². The summed E-state index contributed by atoms with van der Waals surface area (Å²) in [5.74, 6) is -1.33. The Morgan fingerprint density at radius 2 is 1.84 bits per heavy atom. The highest BCUT2D eigenvalue weighted by Gasteiger charge is 2.35. The van der Waals surface area contributed by atoms with Crippen LogP contribution in [0, 0.1) is 5.92 Å². The number of nitrogens with one attached hydrogen (secondary N) is 2. The van der Waals surface area contributed by atoms with Crippen LogP contribution in [0.2, 0.25) is 5.02 Å². The summed E-state index contributed by atoms with van der Waals surface area (Å²) in [6.07, 6.45) is 2.57. The topological polar surface area (TPSA) is 167 Å². The minimum Gasteiger partial charge on any atom is -0.465 e. The van der Waals surface area contributed by atoms with Crippen LogP contribution in [0.15, 0.2) is 34.9 Å². The van der Waals surface area contributed by atoms with Crippen molar-refractivity contribution in [3.63, 3.8) is 0 Å². The highest BCUT2D eigenvalue weighted by molar-refractivity contribution is 6.30. The highest BCUT2D eigenvalue weighted by Crippen LogP contribution is 2.35. The Kier molecular flexibility index (Phi) is 8.56. The van der Waals surface area contributed by atoms with Gasteiger partial charge >= 0.3 is 6.09 Å². The summed E-state index contributed by atoms with van der Waals surface area (Å²) in [5.41, 5.74) is -0.496. The lowest BCUT2D eigenvalue weighted by molar-refractivity contribution is -0.146. The Morgan fingerprint density at radius 3 is 2.47 bits per heavy atom. The molecule has 2 aliphatic rings. The van der Waals surface area contributed by atoms with Crippen molar-refractivity contribution in [3.05, 3.63) is 41.2 Å². The number of carboxylic acid groups (broad SMARTS) is 1. The second-order valence-corrected chi connectivity index (χ2v) is 12.0. The maximum Gasteiger partial charge on any atom is 0.413 e.